The van der Waals surface area contributed by atoms with Gasteiger partial charge in [-0.15, -0.1) is 0 Å². The molecule has 0 aromatic rings. The van der Waals surface area contributed by atoms with Crippen LogP contribution in [0.25, 0.3) is 0 Å². The molecule has 0 spiro atoms. The zero-order chi connectivity index (χ0) is 18.0. The van der Waals surface area contributed by atoms with E-state index in [1.807, 2.05) is 0 Å². The van der Waals surface area contributed by atoms with E-state index in [-0.39, 0.29) is 19.6 Å². The third kappa shape index (κ3) is 3.74. The van der Waals surface area contributed by atoms with Crippen LogP contribution in [0.2, 0.25) is 0 Å². The van der Waals surface area contributed by atoms with Gasteiger partial charge in [-0.25, -0.2) is 0 Å². The minimum Gasteiger partial charge on any atom is -0.396 e. The highest BCUT2D eigenvalue weighted by Crippen LogP contribution is 2.33. The summed E-state index contributed by atoms with van der Waals surface area (Å²) in [6.07, 6.45) is -8.59. The van der Waals surface area contributed by atoms with Gasteiger partial charge < -0.3 is 44.8 Å². The van der Waals surface area contributed by atoms with E-state index in [0.717, 1.165) is 0 Å². The molecule has 0 radical (unpaired) electrons. The summed E-state index contributed by atoms with van der Waals surface area (Å²) >= 11 is 0. The van der Waals surface area contributed by atoms with E-state index in [9.17, 15) is 30.6 Å². The molecule has 1 saturated heterocycles. The number of hydrogen-bond donors (Lipinski definition) is 6. The third-order valence-electron chi connectivity index (χ3n) is 5.14. The van der Waals surface area contributed by atoms with Crippen molar-refractivity contribution in [3.63, 3.8) is 0 Å². The minimum atomic E-state index is -1.38. The average Bonchev–Trinajstić information content (AvgIpc) is 2.59. The first-order valence-corrected chi connectivity index (χ1v) is 8.13. The number of methoxy groups -OCH3 is 1. The van der Waals surface area contributed by atoms with Crippen molar-refractivity contribution in [1.29, 1.82) is 0 Å². The molecule has 1 saturated carbocycles. The Balaban J connectivity index is 2.12. The van der Waals surface area contributed by atoms with E-state index < -0.39 is 60.9 Å². The smallest absolute Gasteiger partial charge is 0.186 e. The van der Waals surface area contributed by atoms with Crippen molar-refractivity contribution < 1.29 is 44.8 Å². The molecular formula is C15H28O9. The van der Waals surface area contributed by atoms with Gasteiger partial charge in [-0.05, 0) is 6.42 Å². The lowest BCUT2D eigenvalue weighted by molar-refractivity contribution is -0.322. The van der Waals surface area contributed by atoms with Crippen molar-refractivity contribution in [1.82, 2.24) is 0 Å². The normalized spacial score (nSPS) is 50.0. The lowest BCUT2D eigenvalue weighted by Gasteiger charge is -2.46. The van der Waals surface area contributed by atoms with Gasteiger partial charge in [0.25, 0.3) is 0 Å². The fourth-order valence-electron chi connectivity index (χ4n) is 3.42. The Morgan fingerprint density at radius 3 is 2.17 bits per heavy atom. The molecule has 6 N–H and O–H groups in total. The molecule has 9 heteroatoms. The molecule has 2 aliphatic rings. The lowest BCUT2D eigenvalue weighted by Crippen LogP contribution is -2.61. The van der Waals surface area contributed by atoms with E-state index in [1.54, 1.807) is 6.92 Å². The molecule has 10 atom stereocenters. The van der Waals surface area contributed by atoms with Crippen LogP contribution in [0.3, 0.4) is 0 Å². The van der Waals surface area contributed by atoms with Gasteiger partial charge in [0.2, 0.25) is 0 Å². The maximum Gasteiger partial charge on any atom is 0.186 e. The molecule has 1 aliphatic carbocycles. The predicted octanol–water partition coefficient (Wildman–Crippen LogP) is -2.80. The molecule has 142 valence electrons. The van der Waals surface area contributed by atoms with Crippen molar-refractivity contribution >= 4 is 0 Å². The van der Waals surface area contributed by atoms with Gasteiger partial charge in [0.05, 0.1) is 31.0 Å². The number of ether oxygens (including phenoxy) is 3. The van der Waals surface area contributed by atoms with E-state index in [4.69, 9.17) is 14.2 Å². The first-order chi connectivity index (χ1) is 11.3. The summed E-state index contributed by atoms with van der Waals surface area (Å²) < 4.78 is 16.2. The van der Waals surface area contributed by atoms with Gasteiger partial charge in [-0.3, -0.25) is 0 Å². The quantitative estimate of drug-likeness (QED) is 0.308. The van der Waals surface area contributed by atoms with E-state index >= 15 is 0 Å². The Hall–Kier alpha value is -0.360. The van der Waals surface area contributed by atoms with Crippen molar-refractivity contribution in [2.75, 3.05) is 20.3 Å². The topological polar surface area (TPSA) is 149 Å². The van der Waals surface area contributed by atoms with Gasteiger partial charge >= 0.3 is 0 Å². The summed E-state index contributed by atoms with van der Waals surface area (Å²) in [5, 5.41) is 59.5. The van der Waals surface area contributed by atoms with Crippen LogP contribution in [0.1, 0.15) is 13.3 Å². The maximum absolute atomic E-state index is 10.3. The SMILES string of the molecule is CO[C@@H]1CC(CO)[C@@H](O[C@@H]2OC(CO)[C@@H](C)[C@@H](O)C2O)[C@@H](O)C1O. The highest BCUT2D eigenvalue weighted by molar-refractivity contribution is 4.95. The number of aliphatic hydroxyl groups excluding tert-OH is 6. The van der Waals surface area contributed by atoms with Gasteiger partial charge in [0.1, 0.15) is 18.3 Å². The fraction of sp³-hybridized carbons (Fsp3) is 1.00. The Labute approximate surface area is 140 Å². The molecule has 0 bridgehead atoms. The summed E-state index contributed by atoms with van der Waals surface area (Å²) in [4.78, 5) is 0. The summed E-state index contributed by atoms with van der Waals surface area (Å²) in [7, 11) is 1.40. The average molecular weight is 352 g/mol. The van der Waals surface area contributed by atoms with Crippen LogP contribution in [0.4, 0.5) is 0 Å². The maximum atomic E-state index is 10.3. The molecule has 0 amide bonds. The predicted molar refractivity (Wildman–Crippen MR) is 79.8 cm³/mol. The van der Waals surface area contributed by atoms with Crippen LogP contribution >= 0.6 is 0 Å². The fourth-order valence-corrected chi connectivity index (χ4v) is 3.42. The van der Waals surface area contributed by atoms with Crippen LogP contribution in [0.5, 0.6) is 0 Å². The second kappa shape index (κ2) is 8.35. The molecule has 0 aromatic carbocycles. The summed E-state index contributed by atoms with van der Waals surface area (Å²) in [5.74, 6) is -1.05. The number of aliphatic hydroxyl groups is 6. The second-order valence-electron chi connectivity index (χ2n) is 6.60. The highest BCUT2D eigenvalue weighted by Gasteiger charge is 2.49. The van der Waals surface area contributed by atoms with Crippen molar-refractivity contribution in [3.05, 3.63) is 0 Å². The Bertz CT molecular complexity index is 391. The standard InChI is InChI=1S/C15H28O9/c1-6-9(5-17)23-15(13(21)10(6)18)24-14-7(4-16)3-8(22-2)11(19)12(14)20/h6-21H,3-5H2,1-2H3/t6-,7?,8-,9?,10-,11?,12+,13?,14-,15+/m1/s1. The van der Waals surface area contributed by atoms with Crippen LogP contribution < -0.4 is 0 Å². The molecule has 1 aliphatic heterocycles. The van der Waals surface area contributed by atoms with Crippen molar-refractivity contribution in [2.45, 2.75) is 62.4 Å². The molecular weight excluding hydrogens is 324 g/mol. The first kappa shape index (κ1) is 20.0. The highest BCUT2D eigenvalue weighted by atomic mass is 16.7. The van der Waals surface area contributed by atoms with Crippen LogP contribution in [0, 0.1) is 11.8 Å². The molecule has 4 unspecified atom stereocenters. The van der Waals surface area contributed by atoms with E-state index in [0.29, 0.717) is 0 Å². The van der Waals surface area contributed by atoms with Gasteiger partial charge in [-0.2, -0.15) is 0 Å². The summed E-state index contributed by atoms with van der Waals surface area (Å²) in [6, 6.07) is 0. The molecule has 24 heavy (non-hydrogen) atoms. The van der Waals surface area contributed by atoms with Gasteiger partial charge in [-0.1, -0.05) is 6.92 Å². The lowest BCUT2D eigenvalue weighted by atomic mass is 9.81. The monoisotopic (exact) mass is 352 g/mol. The molecule has 0 aromatic heterocycles. The Morgan fingerprint density at radius 2 is 1.62 bits per heavy atom. The zero-order valence-corrected chi connectivity index (χ0v) is 13.8. The minimum absolute atomic E-state index is 0.251. The summed E-state index contributed by atoms with van der Waals surface area (Å²) in [6.45, 7) is 0.944. The Morgan fingerprint density at radius 1 is 0.958 bits per heavy atom. The van der Waals surface area contributed by atoms with Crippen LogP contribution in [-0.2, 0) is 14.2 Å². The van der Waals surface area contributed by atoms with E-state index in [1.165, 1.54) is 7.11 Å². The number of hydrogen-bond acceptors (Lipinski definition) is 9. The van der Waals surface area contributed by atoms with Gasteiger partial charge in [0.15, 0.2) is 6.29 Å². The molecule has 1 heterocycles. The third-order valence-corrected chi connectivity index (χ3v) is 5.14. The van der Waals surface area contributed by atoms with Crippen molar-refractivity contribution in [2.24, 2.45) is 11.8 Å². The second-order valence-corrected chi connectivity index (χ2v) is 6.60. The van der Waals surface area contributed by atoms with Crippen molar-refractivity contribution in [3.8, 4) is 0 Å². The first-order valence-electron chi connectivity index (χ1n) is 8.13. The van der Waals surface area contributed by atoms with Gasteiger partial charge in [0, 0.05) is 25.6 Å². The molecule has 2 rings (SSSR count). The number of rotatable bonds is 5. The largest absolute Gasteiger partial charge is 0.396 e. The molecule has 9 nitrogen and oxygen atoms in total. The van der Waals surface area contributed by atoms with Crippen LogP contribution in [-0.4, -0.2) is 100.0 Å². The molecule has 2 fully saturated rings. The van der Waals surface area contributed by atoms with E-state index in [2.05, 4.69) is 0 Å². The Kier molecular flexibility index (Phi) is 6.94. The zero-order valence-electron chi connectivity index (χ0n) is 13.8. The summed E-state index contributed by atoms with van der Waals surface area (Å²) in [5.41, 5.74) is 0. The van der Waals surface area contributed by atoms with Crippen LogP contribution in [0.15, 0.2) is 0 Å².